The van der Waals surface area contributed by atoms with Gasteiger partial charge in [-0.25, -0.2) is 4.79 Å². The van der Waals surface area contributed by atoms with Gasteiger partial charge >= 0.3 is 5.97 Å². The summed E-state index contributed by atoms with van der Waals surface area (Å²) in [7, 11) is 0. The second-order valence-electron chi connectivity index (χ2n) is 4.32. The summed E-state index contributed by atoms with van der Waals surface area (Å²) in [4.78, 5) is 12.1. The minimum absolute atomic E-state index is 0.412. The van der Waals surface area contributed by atoms with Gasteiger partial charge in [0.2, 0.25) is 0 Å². The first-order valence-electron chi connectivity index (χ1n) is 5.86. The van der Waals surface area contributed by atoms with Gasteiger partial charge in [0.15, 0.2) is 0 Å². The third-order valence-electron chi connectivity index (χ3n) is 3.02. The SMILES string of the molecule is O=C(O)c1cc(Br)ccc1SC1CCCCC1. The van der Waals surface area contributed by atoms with Gasteiger partial charge in [0.25, 0.3) is 0 Å². The molecule has 1 aromatic rings. The van der Waals surface area contributed by atoms with Crippen LogP contribution in [-0.2, 0) is 0 Å². The fourth-order valence-electron chi connectivity index (χ4n) is 2.13. The Bertz CT molecular complexity index is 414. The van der Waals surface area contributed by atoms with E-state index in [0.29, 0.717) is 10.8 Å². The lowest BCUT2D eigenvalue weighted by molar-refractivity contribution is 0.0693. The quantitative estimate of drug-likeness (QED) is 0.887. The highest BCUT2D eigenvalue weighted by Crippen LogP contribution is 2.36. The number of aromatic carboxylic acids is 1. The number of thioether (sulfide) groups is 1. The van der Waals surface area contributed by atoms with Crippen LogP contribution in [-0.4, -0.2) is 16.3 Å². The molecule has 0 bridgehead atoms. The van der Waals surface area contributed by atoms with Gasteiger partial charge in [0.05, 0.1) is 5.56 Å². The van der Waals surface area contributed by atoms with E-state index in [4.69, 9.17) is 0 Å². The average molecular weight is 315 g/mol. The second-order valence-corrected chi connectivity index (χ2v) is 6.58. The van der Waals surface area contributed by atoms with E-state index < -0.39 is 5.97 Å². The molecule has 1 saturated carbocycles. The van der Waals surface area contributed by atoms with Gasteiger partial charge in [-0.05, 0) is 31.0 Å². The first kappa shape index (κ1) is 13.0. The van der Waals surface area contributed by atoms with Gasteiger partial charge in [0.1, 0.15) is 0 Å². The van der Waals surface area contributed by atoms with Crippen LogP contribution in [0.2, 0.25) is 0 Å². The fraction of sp³-hybridized carbons (Fsp3) is 0.462. The maximum atomic E-state index is 11.2. The number of hydrogen-bond donors (Lipinski definition) is 1. The van der Waals surface area contributed by atoms with Gasteiger partial charge in [-0.3, -0.25) is 0 Å². The van der Waals surface area contributed by atoms with Gasteiger partial charge in [0, 0.05) is 14.6 Å². The van der Waals surface area contributed by atoms with E-state index in [1.807, 2.05) is 12.1 Å². The highest BCUT2D eigenvalue weighted by molar-refractivity contribution is 9.10. The molecule has 2 rings (SSSR count). The van der Waals surface area contributed by atoms with Gasteiger partial charge in [-0.2, -0.15) is 0 Å². The lowest BCUT2D eigenvalue weighted by Crippen LogP contribution is -2.09. The normalized spacial score (nSPS) is 17.0. The van der Waals surface area contributed by atoms with Crippen LogP contribution in [0.3, 0.4) is 0 Å². The van der Waals surface area contributed by atoms with Crippen molar-refractivity contribution in [3.05, 3.63) is 28.2 Å². The van der Waals surface area contributed by atoms with Crippen LogP contribution in [0.15, 0.2) is 27.6 Å². The number of carbonyl (C=O) groups is 1. The Kier molecular flexibility index (Phi) is 4.51. The second kappa shape index (κ2) is 5.91. The molecule has 2 nitrogen and oxygen atoms in total. The highest BCUT2D eigenvalue weighted by atomic mass is 79.9. The van der Waals surface area contributed by atoms with Crippen molar-refractivity contribution >= 4 is 33.7 Å². The molecule has 0 saturated heterocycles. The fourth-order valence-corrected chi connectivity index (χ4v) is 3.84. The number of hydrogen-bond acceptors (Lipinski definition) is 2. The van der Waals surface area contributed by atoms with E-state index in [2.05, 4.69) is 15.9 Å². The Morgan fingerprint density at radius 3 is 2.65 bits per heavy atom. The van der Waals surface area contributed by atoms with Gasteiger partial charge in [-0.15, -0.1) is 11.8 Å². The predicted molar refractivity (Wildman–Crippen MR) is 73.8 cm³/mol. The van der Waals surface area contributed by atoms with Gasteiger partial charge in [-0.1, -0.05) is 35.2 Å². The Labute approximate surface area is 114 Å². The molecule has 1 fully saturated rings. The maximum absolute atomic E-state index is 11.2. The predicted octanol–water partition coefficient (Wildman–Crippen LogP) is 4.57. The summed E-state index contributed by atoms with van der Waals surface area (Å²) in [5.74, 6) is -0.843. The zero-order chi connectivity index (χ0) is 12.3. The summed E-state index contributed by atoms with van der Waals surface area (Å²) in [6.07, 6.45) is 6.29. The summed E-state index contributed by atoms with van der Waals surface area (Å²) >= 11 is 5.04. The van der Waals surface area contributed by atoms with Crippen LogP contribution in [0.5, 0.6) is 0 Å². The molecule has 0 atom stereocenters. The van der Waals surface area contributed by atoms with Crippen LogP contribution in [0, 0.1) is 0 Å². The minimum Gasteiger partial charge on any atom is -0.478 e. The summed E-state index contributed by atoms with van der Waals surface area (Å²) in [6, 6.07) is 5.51. The Hall–Kier alpha value is -0.480. The number of carboxylic acid groups (broad SMARTS) is 1. The maximum Gasteiger partial charge on any atom is 0.336 e. The Balaban J connectivity index is 2.16. The lowest BCUT2D eigenvalue weighted by atomic mass is 10.0. The number of benzene rings is 1. The van der Waals surface area contributed by atoms with Gasteiger partial charge < -0.3 is 5.11 Å². The first-order chi connectivity index (χ1) is 8.16. The lowest BCUT2D eigenvalue weighted by Gasteiger charge is -2.21. The molecule has 4 heteroatoms. The number of halogens is 1. The van der Waals surface area contributed by atoms with E-state index >= 15 is 0 Å². The zero-order valence-electron chi connectivity index (χ0n) is 9.49. The molecule has 1 N–H and O–H groups in total. The summed E-state index contributed by atoms with van der Waals surface area (Å²) < 4.78 is 0.822. The van der Waals surface area contributed by atoms with Crippen LogP contribution >= 0.6 is 27.7 Å². The molecule has 0 radical (unpaired) electrons. The first-order valence-corrected chi connectivity index (χ1v) is 7.53. The summed E-state index contributed by atoms with van der Waals surface area (Å²) in [5, 5.41) is 9.77. The summed E-state index contributed by atoms with van der Waals surface area (Å²) in [6.45, 7) is 0. The third kappa shape index (κ3) is 3.49. The monoisotopic (exact) mass is 314 g/mol. The van der Waals surface area contributed by atoms with Crippen LogP contribution in [0.25, 0.3) is 0 Å². The van der Waals surface area contributed by atoms with Crippen molar-refractivity contribution in [2.75, 3.05) is 0 Å². The van der Waals surface area contributed by atoms with Crippen molar-refractivity contribution < 1.29 is 9.90 Å². The topological polar surface area (TPSA) is 37.3 Å². The van der Waals surface area contributed by atoms with E-state index in [1.54, 1.807) is 17.8 Å². The van der Waals surface area contributed by atoms with Crippen molar-refractivity contribution in [1.82, 2.24) is 0 Å². The molecule has 1 aromatic carbocycles. The molecule has 0 unspecified atom stereocenters. The molecule has 0 aromatic heterocycles. The molecule has 0 spiro atoms. The third-order valence-corrected chi connectivity index (χ3v) is 4.93. The summed E-state index contributed by atoms with van der Waals surface area (Å²) in [5.41, 5.74) is 0.412. The molecule has 1 aliphatic carbocycles. The molecular formula is C13H15BrO2S. The molecule has 92 valence electrons. The number of rotatable bonds is 3. The van der Waals surface area contributed by atoms with Crippen LogP contribution < -0.4 is 0 Å². The van der Waals surface area contributed by atoms with E-state index in [-0.39, 0.29) is 0 Å². The van der Waals surface area contributed by atoms with Crippen molar-refractivity contribution in [3.8, 4) is 0 Å². The van der Waals surface area contributed by atoms with Crippen LogP contribution in [0.4, 0.5) is 0 Å². The standard InChI is InChI=1S/C13H15BrO2S/c14-9-6-7-12(11(8-9)13(15)16)17-10-4-2-1-3-5-10/h6-8,10H,1-5H2,(H,15,16). The minimum atomic E-state index is -0.843. The molecule has 0 amide bonds. The molecule has 17 heavy (non-hydrogen) atoms. The van der Waals surface area contributed by atoms with Crippen molar-refractivity contribution in [2.24, 2.45) is 0 Å². The molecule has 1 aliphatic rings. The van der Waals surface area contributed by atoms with E-state index in [9.17, 15) is 9.90 Å². The van der Waals surface area contributed by atoms with E-state index in [0.717, 1.165) is 9.37 Å². The smallest absolute Gasteiger partial charge is 0.336 e. The number of carboxylic acids is 1. The zero-order valence-corrected chi connectivity index (χ0v) is 11.9. The molecular weight excluding hydrogens is 300 g/mol. The van der Waals surface area contributed by atoms with E-state index in [1.165, 1.54) is 32.1 Å². The Morgan fingerprint density at radius 2 is 2.00 bits per heavy atom. The molecule has 0 heterocycles. The molecule has 0 aliphatic heterocycles. The van der Waals surface area contributed by atoms with Crippen molar-refractivity contribution in [3.63, 3.8) is 0 Å². The largest absolute Gasteiger partial charge is 0.478 e. The highest BCUT2D eigenvalue weighted by Gasteiger charge is 2.18. The Morgan fingerprint density at radius 1 is 1.29 bits per heavy atom. The van der Waals surface area contributed by atoms with Crippen LogP contribution in [0.1, 0.15) is 42.5 Å². The van der Waals surface area contributed by atoms with Crippen molar-refractivity contribution in [2.45, 2.75) is 42.2 Å². The average Bonchev–Trinajstić information content (AvgIpc) is 2.32. The van der Waals surface area contributed by atoms with Crippen molar-refractivity contribution in [1.29, 1.82) is 0 Å².